The smallest absolute Gasteiger partial charge is 0.276 e. The van der Waals surface area contributed by atoms with Crippen LogP contribution in [0.5, 0.6) is 0 Å². The van der Waals surface area contributed by atoms with Crippen LogP contribution in [0.15, 0.2) is 93.0 Å². The molecule has 1 amide bonds. The Balaban J connectivity index is 1.35. The Morgan fingerprint density at radius 2 is 1.67 bits per heavy atom. The largest absolute Gasteiger partial charge is 0.414 e. The average molecular weight is 480 g/mol. The first-order valence-electron chi connectivity index (χ1n) is 9.31. The zero-order chi connectivity index (χ0) is 20.8. The summed E-state index contributed by atoms with van der Waals surface area (Å²) in [5.74, 6) is 0.892. The van der Waals surface area contributed by atoms with Crippen LogP contribution < -0.4 is 5.32 Å². The molecule has 0 bridgehead atoms. The van der Waals surface area contributed by atoms with Crippen molar-refractivity contribution in [3.05, 3.63) is 100 Å². The predicted molar refractivity (Wildman–Crippen MR) is 121 cm³/mol. The summed E-state index contributed by atoms with van der Waals surface area (Å²) in [6.07, 6.45) is 0. The van der Waals surface area contributed by atoms with Gasteiger partial charge in [0.1, 0.15) is 0 Å². The van der Waals surface area contributed by atoms with Gasteiger partial charge in [0.15, 0.2) is 0 Å². The SMILES string of the molecule is O=C(NCc1nnc(SCc2ccccc2-c2ccccc2)o1)c1ccc(Br)cc1. The van der Waals surface area contributed by atoms with Crippen LogP contribution in [-0.4, -0.2) is 16.1 Å². The Hall–Kier alpha value is -2.90. The van der Waals surface area contributed by atoms with Crippen molar-refractivity contribution in [2.45, 2.75) is 17.5 Å². The van der Waals surface area contributed by atoms with Gasteiger partial charge in [-0.05, 0) is 41.0 Å². The molecule has 4 aromatic rings. The molecular formula is C23H18BrN3O2S. The minimum atomic E-state index is -0.188. The monoisotopic (exact) mass is 479 g/mol. The van der Waals surface area contributed by atoms with Crippen molar-refractivity contribution in [1.82, 2.24) is 15.5 Å². The fourth-order valence-electron chi connectivity index (χ4n) is 2.91. The van der Waals surface area contributed by atoms with E-state index in [4.69, 9.17) is 4.42 Å². The van der Waals surface area contributed by atoms with Crippen molar-refractivity contribution in [2.24, 2.45) is 0 Å². The normalized spacial score (nSPS) is 10.7. The van der Waals surface area contributed by atoms with Crippen molar-refractivity contribution in [2.75, 3.05) is 0 Å². The number of amides is 1. The summed E-state index contributed by atoms with van der Waals surface area (Å²) >= 11 is 4.83. The molecule has 0 aliphatic rings. The van der Waals surface area contributed by atoms with Gasteiger partial charge in [-0.3, -0.25) is 4.79 Å². The van der Waals surface area contributed by atoms with Crippen molar-refractivity contribution in [1.29, 1.82) is 0 Å². The average Bonchev–Trinajstić information content (AvgIpc) is 3.25. The fraction of sp³-hybridized carbons (Fsp3) is 0.0870. The van der Waals surface area contributed by atoms with Crippen LogP contribution in [0, 0.1) is 0 Å². The molecule has 7 heteroatoms. The van der Waals surface area contributed by atoms with E-state index < -0.39 is 0 Å². The third-order valence-corrected chi connectivity index (χ3v) is 5.80. The quantitative estimate of drug-likeness (QED) is 0.343. The van der Waals surface area contributed by atoms with Gasteiger partial charge in [0.25, 0.3) is 11.1 Å². The molecule has 0 radical (unpaired) electrons. The predicted octanol–water partition coefficient (Wildman–Crippen LogP) is 5.72. The number of rotatable bonds is 7. The van der Waals surface area contributed by atoms with Crippen molar-refractivity contribution >= 4 is 33.6 Å². The summed E-state index contributed by atoms with van der Waals surface area (Å²) in [5.41, 5.74) is 4.13. The number of thioether (sulfide) groups is 1. The Bertz CT molecular complexity index is 1130. The lowest BCUT2D eigenvalue weighted by molar-refractivity contribution is 0.0946. The number of hydrogen-bond acceptors (Lipinski definition) is 5. The summed E-state index contributed by atoms with van der Waals surface area (Å²) in [6, 6.07) is 25.7. The van der Waals surface area contributed by atoms with Gasteiger partial charge >= 0.3 is 0 Å². The molecule has 0 unspecified atom stereocenters. The Labute approximate surface area is 187 Å². The van der Waals surface area contributed by atoms with Crippen molar-refractivity contribution in [3.8, 4) is 11.1 Å². The molecule has 0 spiro atoms. The molecule has 5 nitrogen and oxygen atoms in total. The van der Waals surface area contributed by atoms with Crippen molar-refractivity contribution in [3.63, 3.8) is 0 Å². The number of halogens is 1. The zero-order valence-electron chi connectivity index (χ0n) is 15.9. The number of benzene rings is 3. The van der Waals surface area contributed by atoms with Gasteiger partial charge in [-0.25, -0.2) is 0 Å². The Morgan fingerprint density at radius 1 is 0.933 bits per heavy atom. The first kappa shape index (κ1) is 20.4. The maximum absolute atomic E-state index is 12.2. The van der Waals surface area contributed by atoms with E-state index >= 15 is 0 Å². The minimum absolute atomic E-state index is 0.184. The summed E-state index contributed by atoms with van der Waals surface area (Å²) in [6.45, 7) is 0.184. The zero-order valence-corrected chi connectivity index (χ0v) is 18.3. The van der Waals surface area contributed by atoms with Crippen LogP contribution in [0.1, 0.15) is 21.8 Å². The third-order valence-electron chi connectivity index (χ3n) is 4.41. The van der Waals surface area contributed by atoms with Crippen LogP contribution in [0.25, 0.3) is 11.1 Å². The maximum Gasteiger partial charge on any atom is 0.276 e. The topological polar surface area (TPSA) is 68.0 Å². The second kappa shape index (κ2) is 9.73. The summed E-state index contributed by atoms with van der Waals surface area (Å²) in [7, 11) is 0. The molecule has 3 aromatic carbocycles. The lowest BCUT2D eigenvalue weighted by Crippen LogP contribution is -2.22. The van der Waals surface area contributed by atoms with E-state index in [1.807, 2.05) is 42.5 Å². The fourth-order valence-corrected chi connectivity index (χ4v) is 3.96. The molecule has 0 atom stereocenters. The van der Waals surface area contributed by atoms with Gasteiger partial charge in [-0.1, -0.05) is 82.3 Å². The number of nitrogens with one attached hydrogen (secondary N) is 1. The molecule has 0 aliphatic heterocycles. The molecule has 30 heavy (non-hydrogen) atoms. The van der Waals surface area contributed by atoms with Crippen LogP contribution in [-0.2, 0) is 12.3 Å². The standard InChI is InChI=1S/C23H18BrN3O2S/c24-19-12-10-17(11-13-19)22(28)25-14-21-26-27-23(29-21)30-15-18-8-4-5-9-20(18)16-6-2-1-3-7-16/h1-13H,14-15H2,(H,25,28). The number of aromatic nitrogens is 2. The molecule has 4 rings (SSSR count). The molecule has 1 heterocycles. The van der Waals surface area contributed by atoms with Gasteiger partial charge in [0.2, 0.25) is 5.89 Å². The van der Waals surface area contributed by atoms with Crippen LogP contribution in [0.4, 0.5) is 0 Å². The molecule has 1 N–H and O–H groups in total. The molecule has 0 aliphatic carbocycles. The first-order valence-corrected chi connectivity index (χ1v) is 11.1. The Kier molecular flexibility index (Phi) is 6.61. The van der Waals surface area contributed by atoms with E-state index in [1.165, 1.54) is 28.5 Å². The van der Waals surface area contributed by atoms with E-state index in [0.29, 0.717) is 22.4 Å². The summed E-state index contributed by atoms with van der Waals surface area (Å²) in [5, 5.41) is 11.4. The van der Waals surface area contributed by atoms with Crippen LogP contribution >= 0.6 is 27.7 Å². The number of carbonyl (C=O) groups is 1. The Morgan fingerprint density at radius 3 is 2.47 bits per heavy atom. The first-order chi connectivity index (χ1) is 14.7. The van der Waals surface area contributed by atoms with E-state index in [-0.39, 0.29) is 12.5 Å². The molecule has 1 aromatic heterocycles. The molecule has 0 saturated carbocycles. The number of carbonyl (C=O) groups excluding carboxylic acids is 1. The van der Waals surface area contributed by atoms with E-state index in [0.717, 1.165) is 4.47 Å². The lowest BCUT2D eigenvalue weighted by Gasteiger charge is -2.08. The van der Waals surface area contributed by atoms with Gasteiger partial charge in [-0.2, -0.15) is 0 Å². The van der Waals surface area contributed by atoms with E-state index in [1.54, 1.807) is 12.1 Å². The highest BCUT2D eigenvalue weighted by Crippen LogP contribution is 2.29. The van der Waals surface area contributed by atoms with Crippen molar-refractivity contribution < 1.29 is 9.21 Å². The molecule has 150 valence electrons. The third kappa shape index (κ3) is 5.17. The summed E-state index contributed by atoms with van der Waals surface area (Å²) in [4.78, 5) is 12.2. The van der Waals surface area contributed by atoms with Gasteiger partial charge in [0, 0.05) is 15.8 Å². The molecule has 0 fully saturated rings. The van der Waals surface area contributed by atoms with Gasteiger partial charge in [0.05, 0.1) is 6.54 Å². The maximum atomic E-state index is 12.2. The summed E-state index contributed by atoms with van der Waals surface area (Å²) < 4.78 is 6.60. The van der Waals surface area contributed by atoms with E-state index in [9.17, 15) is 4.79 Å². The second-order valence-electron chi connectivity index (χ2n) is 6.46. The number of nitrogens with zero attached hydrogens (tertiary/aromatic N) is 2. The van der Waals surface area contributed by atoms with Crippen LogP contribution in [0.3, 0.4) is 0 Å². The second-order valence-corrected chi connectivity index (χ2v) is 8.31. The van der Waals surface area contributed by atoms with E-state index in [2.05, 4.69) is 55.7 Å². The number of hydrogen-bond donors (Lipinski definition) is 1. The molecule has 0 saturated heterocycles. The highest BCUT2D eigenvalue weighted by Gasteiger charge is 2.11. The minimum Gasteiger partial charge on any atom is -0.414 e. The molecular weight excluding hydrogens is 462 g/mol. The van der Waals surface area contributed by atoms with Gasteiger partial charge in [-0.15, -0.1) is 10.2 Å². The highest BCUT2D eigenvalue weighted by molar-refractivity contribution is 9.10. The van der Waals surface area contributed by atoms with Gasteiger partial charge < -0.3 is 9.73 Å². The highest BCUT2D eigenvalue weighted by atomic mass is 79.9. The van der Waals surface area contributed by atoms with Crippen LogP contribution in [0.2, 0.25) is 0 Å². The lowest BCUT2D eigenvalue weighted by atomic mass is 10.0.